The van der Waals surface area contributed by atoms with Crippen molar-refractivity contribution in [2.45, 2.75) is 25.3 Å². The smallest absolute Gasteiger partial charge is 0.241 e. The normalized spacial score (nSPS) is 11.7. The number of anilines is 1. The van der Waals surface area contributed by atoms with Crippen LogP contribution in [-0.4, -0.2) is 18.6 Å². The Morgan fingerprint density at radius 3 is 2.74 bits per heavy atom. The van der Waals surface area contributed by atoms with Crippen LogP contribution in [0.15, 0.2) is 29.3 Å². The average Bonchev–Trinajstić information content (AvgIpc) is 2.75. The van der Waals surface area contributed by atoms with Crippen molar-refractivity contribution >= 4 is 15.8 Å². The Morgan fingerprint density at radius 1 is 1.37 bits per heavy atom. The van der Waals surface area contributed by atoms with Crippen LogP contribution in [-0.2, 0) is 16.6 Å². The molecule has 1 heterocycles. The first kappa shape index (κ1) is 13.6. The zero-order chi connectivity index (χ0) is 14.0. The Kier molecular flexibility index (Phi) is 3.59. The van der Waals surface area contributed by atoms with E-state index < -0.39 is 10.0 Å². The number of aryl methyl sites for hydroxylation is 2. The van der Waals surface area contributed by atoms with E-state index in [-0.39, 0.29) is 11.4 Å². The van der Waals surface area contributed by atoms with Gasteiger partial charge in [-0.25, -0.2) is 13.1 Å². The van der Waals surface area contributed by atoms with E-state index >= 15 is 0 Å². The van der Waals surface area contributed by atoms with Gasteiger partial charge in [0.05, 0.1) is 11.1 Å². The molecule has 2 rings (SSSR count). The Bertz CT molecular complexity index is 692. The number of nitrogens with one attached hydrogen (secondary N) is 2. The predicted octanol–water partition coefficient (Wildman–Crippen LogP) is 1.09. The van der Waals surface area contributed by atoms with Crippen LogP contribution in [0, 0.1) is 13.8 Å². The highest BCUT2D eigenvalue weighted by atomic mass is 32.2. The van der Waals surface area contributed by atoms with Gasteiger partial charge in [0.15, 0.2) is 0 Å². The fraction of sp³-hybridized carbons (Fsp3) is 0.250. The van der Waals surface area contributed by atoms with Gasteiger partial charge in [-0.3, -0.25) is 5.10 Å². The van der Waals surface area contributed by atoms with Crippen molar-refractivity contribution in [3.8, 4) is 0 Å². The topological polar surface area (TPSA) is 101 Å². The summed E-state index contributed by atoms with van der Waals surface area (Å²) in [5, 5.41) is 6.30. The molecule has 0 saturated heterocycles. The van der Waals surface area contributed by atoms with E-state index in [0.717, 1.165) is 5.56 Å². The molecule has 7 heteroatoms. The van der Waals surface area contributed by atoms with E-state index in [2.05, 4.69) is 14.9 Å². The predicted molar refractivity (Wildman–Crippen MR) is 72.9 cm³/mol. The van der Waals surface area contributed by atoms with E-state index in [4.69, 9.17) is 5.73 Å². The maximum absolute atomic E-state index is 12.2. The molecular weight excluding hydrogens is 264 g/mol. The summed E-state index contributed by atoms with van der Waals surface area (Å²) >= 11 is 0. The maximum atomic E-state index is 12.2. The van der Waals surface area contributed by atoms with Crippen molar-refractivity contribution in [3.63, 3.8) is 0 Å². The van der Waals surface area contributed by atoms with Crippen LogP contribution in [0.4, 0.5) is 5.82 Å². The molecule has 0 fully saturated rings. The van der Waals surface area contributed by atoms with Crippen LogP contribution in [0.1, 0.15) is 16.7 Å². The number of hydrogen-bond donors (Lipinski definition) is 3. The first-order chi connectivity index (χ1) is 8.90. The van der Waals surface area contributed by atoms with E-state index in [9.17, 15) is 8.42 Å². The van der Waals surface area contributed by atoms with Gasteiger partial charge in [0.2, 0.25) is 10.0 Å². The van der Waals surface area contributed by atoms with Crippen LogP contribution < -0.4 is 10.5 Å². The van der Waals surface area contributed by atoms with Gasteiger partial charge in [0, 0.05) is 12.1 Å². The zero-order valence-corrected chi connectivity index (χ0v) is 11.6. The Balaban J connectivity index is 2.23. The highest BCUT2D eigenvalue weighted by molar-refractivity contribution is 7.89. The Morgan fingerprint density at radius 2 is 2.11 bits per heavy atom. The number of sulfonamides is 1. The summed E-state index contributed by atoms with van der Waals surface area (Å²) in [7, 11) is -3.55. The molecule has 0 bridgehead atoms. The fourth-order valence-electron chi connectivity index (χ4n) is 1.71. The van der Waals surface area contributed by atoms with Gasteiger partial charge in [0.1, 0.15) is 5.82 Å². The van der Waals surface area contributed by atoms with Crippen molar-refractivity contribution < 1.29 is 8.42 Å². The number of H-pyrrole nitrogens is 1. The van der Waals surface area contributed by atoms with Crippen molar-refractivity contribution in [3.05, 3.63) is 41.1 Å². The first-order valence-corrected chi connectivity index (χ1v) is 7.23. The van der Waals surface area contributed by atoms with E-state index in [0.29, 0.717) is 16.9 Å². The summed E-state index contributed by atoms with van der Waals surface area (Å²) in [4.78, 5) is 0.287. The number of aromatic nitrogens is 2. The molecule has 0 radical (unpaired) electrons. The molecule has 0 saturated carbocycles. The summed E-state index contributed by atoms with van der Waals surface area (Å²) in [5.74, 6) is 0.365. The van der Waals surface area contributed by atoms with Crippen molar-refractivity contribution in [2.75, 3.05) is 5.73 Å². The summed E-state index contributed by atoms with van der Waals surface area (Å²) in [6, 6.07) is 5.31. The van der Waals surface area contributed by atoms with Crippen LogP contribution in [0.2, 0.25) is 0 Å². The van der Waals surface area contributed by atoms with Crippen molar-refractivity contribution in [1.29, 1.82) is 0 Å². The summed E-state index contributed by atoms with van der Waals surface area (Å²) in [5.41, 5.74) is 7.83. The van der Waals surface area contributed by atoms with E-state index in [1.54, 1.807) is 19.1 Å². The number of nitrogens with zero attached hydrogens (tertiary/aromatic N) is 1. The molecular formula is C12H16N4O2S. The lowest BCUT2D eigenvalue weighted by Crippen LogP contribution is -2.24. The standard InChI is InChI=1S/C12H16N4O2S/c1-8-3-4-9(2)11(5-8)19(17,18)15-7-10-6-14-16-12(10)13/h3-6,15H,7H2,1-2H3,(H3,13,14,16). The summed E-state index contributed by atoms with van der Waals surface area (Å²) in [6.07, 6.45) is 1.50. The Labute approximate surface area is 112 Å². The maximum Gasteiger partial charge on any atom is 0.241 e. The lowest BCUT2D eigenvalue weighted by molar-refractivity contribution is 0.580. The SMILES string of the molecule is Cc1ccc(C)c(S(=O)(=O)NCc2cn[nH]c2N)c1. The van der Waals surface area contributed by atoms with Gasteiger partial charge in [-0.2, -0.15) is 5.10 Å². The minimum absolute atomic E-state index is 0.109. The van der Waals surface area contributed by atoms with E-state index in [1.807, 2.05) is 13.0 Å². The quantitative estimate of drug-likeness (QED) is 0.780. The van der Waals surface area contributed by atoms with Gasteiger partial charge >= 0.3 is 0 Å². The van der Waals surface area contributed by atoms with Crippen LogP contribution >= 0.6 is 0 Å². The second-order valence-corrected chi connectivity index (χ2v) is 6.14. The molecule has 0 atom stereocenters. The van der Waals surface area contributed by atoms with Gasteiger partial charge in [-0.15, -0.1) is 0 Å². The van der Waals surface area contributed by atoms with Gasteiger partial charge in [-0.05, 0) is 31.0 Å². The zero-order valence-electron chi connectivity index (χ0n) is 10.8. The van der Waals surface area contributed by atoms with Gasteiger partial charge in [0.25, 0.3) is 0 Å². The van der Waals surface area contributed by atoms with Crippen molar-refractivity contribution in [1.82, 2.24) is 14.9 Å². The molecule has 0 aliphatic rings. The average molecular weight is 280 g/mol. The third kappa shape index (κ3) is 2.94. The molecule has 0 aliphatic heterocycles. The second kappa shape index (κ2) is 5.02. The lowest BCUT2D eigenvalue weighted by atomic mass is 10.2. The van der Waals surface area contributed by atoms with Gasteiger partial charge < -0.3 is 5.73 Å². The third-order valence-corrected chi connectivity index (χ3v) is 4.38. The minimum Gasteiger partial charge on any atom is -0.384 e. The summed E-state index contributed by atoms with van der Waals surface area (Å²) < 4.78 is 27.0. The number of hydrogen-bond acceptors (Lipinski definition) is 4. The number of rotatable bonds is 4. The molecule has 0 aliphatic carbocycles. The molecule has 2 aromatic rings. The van der Waals surface area contributed by atoms with Crippen LogP contribution in [0.3, 0.4) is 0 Å². The number of nitrogens with two attached hydrogens (primary N) is 1. The molecule has 4 N–H and O–H groups in total. The molecule has 1 aromatic heterocycles. The molecule has 1 aromatic carbocycles. The van der Waals surface area contributed by atoms with Crippen LogP contribution in [0.5, 0.6) is 0 Å². The highest BCUT2D eigenvalue weighted by Crippen LogP contribution is 2.17. The monoisotopic (exact) mass is 280 g/mol. The van der Waals surface area contributed by atoms with Gasteiger partial charge in [-0.1, -0.05) is 12.1 Å². The lowest BCUT2D eigenvalue weighted by Gasteiger charge is -2.09. The number of nitrogen functional groups attached to an aromatic ring is 1. The minimum atomic E-state index is -3.55. The highest BCUT2D eigenvalue weighted by Gasteiger charge is 2.17. The molecule has 6 nitrogen and oxygen atoms in total. The third-order valence-electron chi connectivity index (χ3n) is 2.84. The van der Waals surface area contributed by atoms with Crippen molar-refractivity contribution in [2.24, 2.45) is 0 Å². The number of benzene rings is 1. The first-order valence-electron chi connectivity index (χ1n) is 5.75. The second-order valence-electron chi connectivity index (χ2n) is 4.40. The molecule has 0 spiro atoms. The van der Waals surface area contributed by atoms with E-state index in [1.165, 1.54) is 6.20 Å². The molecule has 102 valence electrons. The molecule has 19 heavy (non-hydrogen) atoms. The molecule has 0 amide bonds. The number of aromatic amines is 1. The van der Waals surface area contributed by atoms with Crippen LogP contribution in [0.25, 0.3) is 0 Å². The summed E-state index contributed by atoms with van der Waals surface area (Å²) in [6.45, 7) is 3.73. The largest absolute Gasteiger partial charge is 0.384 e. The fourth-order valence-corrected chi connectivity index (χ4v) is 3.04. The molecule has 0 unspecified atom stereocenters. The Hall–Kier alpha value is -1.86.